The van der Waals surface area contributed by atoms with E-state index < -0.39 is 12.1 Å². The smallest absolute Gasteiger partial charge is 0.125 e. The van der Waals surface area contributed by atoms with Crippen molar-refractivity contribution >= 4 is 11.6 Å². The highest BCUT2D eigenvalue weighted by Gasteiger charge is 2.16. The molecule has 0 aromatic heterocycles. The van der Waals surface area contributed by atoms with Crippen LogP contribution in [0.25, 0.3) is 0 Å². The first kappa shape index (κ1) is 11.3. The van der Waals surface area contributed by atoms with Crippen LogP contribution < -0.4 is 10.5 Å². The molecule has 3 N–H and O–H groups in total. The molecule has 14 heavy (non-hydrogen) atoms. The number of benzene rings is 1. The third-order valence-corrected chi connectivity index (χ3v) is 2.31. The molecule has 0 aliphatic heterocycles. The topological polar surface area (TPSA) is 55.5 Å². The van der Waals surface area contributed by atoms with Gasteiger partial charge in [-0.2, -0.15) is 0 Å². The molecule has 0 saturated carbocycles. The van der Waals surface area contributed by atoms with Crippen molar-refractivity contribution in [2.45, 2.75) is 19.1 Å². The summed E-state index contributed by atoms with van der Waals surface area (Å²) >= 11 is 5.80. The summed E-state index contributed by atoms with van der Waals surface area (Å²) in [5, 5.41) is 9.94. The minimum atomic E-state index is -0.620. The third-order valence-electron chi connectivity index (χ3n) is 2.07. The van der Waals surface area contributed by atoms with Crippen LogP contribution in [0.2, 0.25) is 5.02 Å². The normalized spacial score (nSPS) is 14.9. The zero-order valence-corrected chi connectivity index (χ0v) is 8.95. The lowest BCUT2D eigenvalue weighted by Crippen LogP contribution is -2.23. The fourth-order valence-corrected chi connectivity index (χ4v) is 1.38. The summed E-state index contributed by atoms with van der Waals surface area (Å²) in [5.41, 5.74) is 6.55. The van der Waals surface area contributed by atoms with Crippen molar-refractivity contribution in [3.63, 3.8) is 0 Å². The van der Waals surface area contributed by atoms with Gasteiger partial charge in [0.25, 0.3) is 0 Å². The maximum atomic E-state index is 9.35. The Balaban J connectivity index is 3.07. The molecule has 0 aliphatic rings. The molecule has 4 heteroatoms. The molecule has 0 aliphatic carbocycles. The van der Waals surface area contributed by atoms with Crippen molar-refractivity contribution in [1.82, 2.24) is 0 Å². The maximum Gasteiger partial charge on any atom is 0.125 e. The summed E-state index contributed by atoms with van der Waals surface area (Å²) in [7, 11) is 1.55. The number of aliphatic hydroxyl groups is 1. The largest absolute Gasteiger partial charge is 0.496 e. The van der Waals surface area contributed by atoms with Crippen molar-refractivity contribution in [2.24, 2.45) is 5.73 Å². The van der Waals surface area contributed by atoms with E-state index in [4.69, 9.17) is 22.1 Å². The molecule has 0 spiro atoms. The lowest BCUT2D eigenvalue weighted by Gasteiger charge is -2.18. The van der Waals surface area contributed by atoms with Crippen LogP contribution in [0, 0.1) is 0 Å². The predicted octanol–water partition coefficient (Wildman–Crippen LogP) is 1.73. The zero-order valence-electron chi connectivity index (χ0n) is 8.20. The highest BCUT2D eigenvalue weighted by molar-refractivity contribution is 6.30. The molecule has 0 fully saturated rings. The van der Waals surface area contributed by atoms with Crippen molar-refractivity contribution < 1.29 is 9.84 Å². The monoisotopic (exact) mass is 215 g/mol. The van der Waals surface area contributed by atoms with Gasteiger partial charge in [0.1, 0.15) is 5.75 Å². The SMILES string of the molecule is COc1cc(Cl)ccc1[C@@H](N)[C@H](C)O. The third kappa shape index (κ3) is 2.38. The molecular weight excluding hydrogens is 202 g/mol. The number of methoxy groups -OCH3 is 1. The van der Waals surface area contributed by atoms with E-state index in [0.29, 0.717) is 10.8 Å². The van der Waals surface area contributed by atoms with E-state index in [1.165, 1.54) is 0 Å². The molecule has 2 atom stereocenters. The second kappa shape index (κ2) is 4.64. The van der Waals surface area contributed by atoms with Gasteiger partial charge in [-0.1, -0.05) is 17.7 Å². The average molecular weight is 216 g/mol. The quantitative estimate of drug-likeness (QED) is 0.808. The number of hydrogen-bond acceptors (Lipinski definition) is 3. The van der Waals surface area contributed by atoms with Crippen LogP contribution in [0.4, 0.5) is 0 Å². The Morgan fingerprint density at radius 3 is 2.64 bits per heavy atom. The highest BCUT2D eigenvalue weighted by atomic mass is 35.5. The van der Waals surface area contributed by atoms with Gasteiger partial charge in [-0.25, -0.2) is 0 Å². The van der Waals surface area contributed by atoms with E-state index in [0.717, 1.165) is 5.56 Å². The number of ether oxygens (including phenoxy) is 1. The van der Waals surface area contributed by atoms with E-state index in [1.807, 2.05) is 0 Å². The van der Waals surface area contributed by atoms with Gasteiger partial charge < -0.3 is 15.6 Å². The van der Waals surface area contributed by atoms with Gasteiger partial charge in [-0.3, -0.25) is 0 Å². The minimum absolute atomic E-state index is 0.456. The van der Waals surface area contributed by atoms with Crippen molar-refractivity contribution in [3.8, 4) is 5.75 Å². The zero-order chi connectivity index (χ0) is 10.7. The van der Waals surface area contributed by atoms with Crippen LogP contribution in [0.1, 0.15) is 18.5 Å². The molecule has 3 nitrogen and oxygen atoms in total. The molecule has 0 unspecified atom stereocenters. The standard InChI is InChI=1S/C10H14ClNO2/c1-6(13)10(12)8-4-3-7(11)5-9(8)14-2/h3-6,10,13H,12H2,1-2H3/t6-,10-/m0/s1. The number of hydrogen-bond donors (Lipinski definition) is 2. The Morgan fingerprint density at radius 1 is 1.50 bits per heavy atom. The Bertz CT molecular complexity index is 315. The van der Waals surface area contributed by atoms with Gasteiger partial charge in [-0.15, -0.1) is 0 Å². The number of halogens is 1. The van der Waals surface area contributed by atoms with Crippen molar-refractivity contribution in [2.75, 3.05) is 7.11 Å². The molecular formula is C10H14ClNO2. The first-order chi connectivity index (χ1) is 6.56. The Labute approximate surface area is 88.4 Å². The van der Waals surface area contributed by atoms with E-state index in [2.05, 4.69) is 0 Å². The van der Waals surface area contributed by atoms with Gasteiger partial charge in [0.15, 0.2) is 0 Å². The van der Waals surface area contributed by atoms with Crippen LogP contribution >= 0.6 is 11.6 Å². The summed E-state index contributed by atoms with van der Waals surface area (Å²) in [6, 6.07) is 4.71. The fourth-order valence-electron chi connectivity index (χ4n) is 1.22. The Morgan fingerprint density at radius 2 is 2.14 bits per heavy atom. The second-order valence-electron chi connectivity index (χ2n) is 3.15. The molecule has 1 aromatic rings. The molecule has 1 aromatic carbocycles. The number of rotatable bonds is 3. The Hall–Kier alpha value is -0.770. The summed E-state index contributed by atoms with van der Waals surface area (Å²) in [6.07, 6.45) is -0.620. The molecule has 0 radical (unpaired) electrons. The van der Waals surface area contributed by atoms with E-state index >= 15 is 0 Å². The summed E-state index contributed by atoms with van der Waals surface area (Å²) in [4.78, 5) is 0. The van der Waals surface area contributed by atoms with Crippen LogP contribution in [-0.4, -0.2) is 18.3 Å². The predicted molar refractivity (Wildman–Crippen MR) is 56.6 cm³/mol. The summed E-state index contributed by atoms with van der Waals surface area (Å²) in [5.74, 6) is 0.603. The number of nitrogens with two attached hydrogens (primary N) is 1. The molecule has 1 rings (SSSR count). The lowest BCUT2D eigenvalue weighted by molar-refractivity contribution is 0.162. The molecule has 0 saturated heterocycles. The van der Waals surface area contributed by atoms with Gasteiger partial charge in [-0.05, 0) is 19.1 Å². The van der Waals surface area contributed by atoms with E-state index in [9.17, 15) is 5.11 Å². The van der Waals surface area contributed by atoms with Gasteiger partial charge in [0.2, 0.25) is 0 Å². The first-order valence-electron chi connectivity index (χ1n) is 4.33. The average Bonchev–Trinajstić information content (AvgIpc) is 2.16. The van der Waals surface area contributed by atoms with Crippen molar-refractivity contribution in [1.29, 1.82) is 0 Å². The van der Waals surface area contributed by atoms with Crippen LogP contribution in [0.15, 0.2) is 18.2 Å². The Kier molecular flexibility index (Phi) is 3.75. The maximum absolute atomic E-state index is 9.35. The van der Waals surface area contributed by atoms with E-state index in [1.54, 1.807) is 32.2 Å². The van der Waals surface area contributed by atoms with Gasteiger partial charge >= 0.3 is 0 Å². The highest BCUT2D eigenvalue weighted by Crippen LogP contribution is 2.28. The molecule has 0 heterocycles. The summed E-state index contributed by atoms with van der Waals surface area (Å²) < 4.78 is 5.12. The van der Waals surface area contributed by atoms with Crippen LogP contribution in [0.3, 0.4) is 0 Å². The van der Waals surface area contributed by atoms with Crippen LogP contribution in [0.5, 0.6) is 5.75 Å². The number of aliphatic hydroxyl groups excluding tert-OH is 1. The van der Waals surface area contributed by atoms with Gasteiger partial charge in [0, 0.05) is 10.6 Å². The van der Waals surface area contributed by atoms with Crippen molar-refractivity contribution in [3.05, 3.63) is 28.8 Å². The fraction of sp³-hybridized carbons (Fsp3) is 0.400. The lowest BCUT2D eigenvalue weighted by atomic mass is 10.0. The molecule has 0 amide bonds. The first-order valence-corrected chi connectivity index (χ1v) is 4.71. The molecule has 0 bridgehead atoms. The molecule has 78 valence electrons. The minimum Gasteiger partial charge on any atom is -0.496 e. The summed E-state index contributed by atoms with van der Waals surface area (Å²) in [6.45, 7) is 1.64. The van der Waals surface area contributed by atoms with Crippen LogP contribution in [-0.2, 0) is 0 Å². The second-order valence-corrected chi connectivity index (χ2v) is 3.59. The van der Waals surface area contributed by atoms with E-state index in [-0.39, 0.29) is 0 Å². The van der Waals surface area contributed by atoms with Gasteiger partial charge in [0.05, 0.1) is 19.3 Å².